The van der Waals surface area contributed by atoms with Crippen LogP contribution in [0.3, 0.4) is 0 Å². The first-order valence-corrected chi connectivity index (χ1v) is 22.7. The first kappa shape index (κ1) is 50.3. The van der Waals surface area contributed by atoms with E-state index < -0.39 is 59.9 Å². The summed E-state index contributed by atoms with van der Waals surface area (Å²) in [5, 5.41) is 12.8. The van der Waals surface area contributed by atoms with Gasteiger partial charge in [0, 0.05) is 27.8 Å². The summed E-state index contributed by atoms with van der Waals surface area (Å²) in [7, 11) is 0. The van der Waals surface area contributed by atoms with Crippen LogP contribution in [0.25, 0.3) is 0 Å². The smallest absolute Gasteiger partial charge is 0.290 e. The Bertz CT molecular complexity index is 2110. The van der Waals surface area contributed by atoms with E-state index in [9.17, 15) is 33.6 Å². The lowest BCUT2D eigenvalue weighted by atomic mass is 9.99. The Labute approximate surface area is 387 Å². The molecular formula is C52H75N5O7. The number of amides is 5. The molecule has 0 heterocycles. The quantitative estimate of drug-likeness (QED) is 0.0328. The number of Topliss-reactive ketones (excluding diaryl/α,β-unsaturated/α-hetero) is 2. The number of aryl methyl sites for hydroxylation is 2. The average molecular weight is 882 g/mol. The lowest BCUT2D eigenvalue weighted by Gasteiger charge is -2.23. The van der Waals surface area contributed by atoms with Gasteiger partial charge in [-0.15, -0.1) is 6.42 Å². The van der Waals surface area contributed by atoms with Gasteiger partial charge in [-0.2, -0.15) is 0 Å². The molecule has 2 radical (unpaired) electrons. The number of rotatable bonds is 23. The van der Waals surface area contributed by atoms with E-state index in [1.54, 1.807) is 30.3 Å². The molecule has 12 nitrogen and oxygen atoms in total. The topological polar surface area (TPSA) is 180 Å². The van der Waals surface area contributed by atoms with Gasteiger partial charge >= 0.3 is 0 Å². The highest BCUT2D eigenvalue weighted by atomic mass is 16.2. The Morgan fingerprint density at radius 3 is 2.06 bits per heavy atom. The minimum Gasteiger partial charge on any atom is -0.347 e. The fourth-order valence-electron chi connectivity index (χ4n) is 7.29. The van der Waals surface area contributed by atoms with Gasteiger partial charge < -0.3 is 26.6 Å². The average Bonchev–Trinajstić information content (AvgIpc) is 4.19. The third-order valence-corrected chi connectivity index (χ3v) is 11.1. The third-order valence-electron chi connectivity index (χ3n) is 11.1. The summed E-state index contributed by atoms with van der Waals surface area (Å²) in [4.78, 5) is 91.4. The second-order valence-electron chi connectivity index (χ2n) is 16.4. The van der Waals surface area contributed by atoms with Gasteiger partial charge in [-0.25, -0.2) is 0 Å². The summed E-state index contributed by atoms with van der Waals surface area (Å²) in [5.41, 5.74) is 5.71. The Morgan fingerprint density at radius 1 is 0.766 bits per heavy atom. The van der Waals surface area contributed by atoms with Gasteiger partial charge in [-0.3, -0.25) is 33.6 Å². The molecule has 350 valence electrons. The van der Waals surface area contributed by atoms with Crippen LogP contribution in [-0.4, -0.2) is 66.3 Å². The van der Waals surface area contributed by atoms with Gasteiger partial charge in [-0.1, -0.05) is 149 Å². The van der Waals surface area contributed by atoms with Crippen molar-refractivity contribution in [2.75, 3.05) is 13.1 Å². The third kappa shape index (κ3) is 18.6. The van der Waals surface area contributed by atoms with Crippen molar-refractivity contribution in [2.24, 2.45) is 0 Å². The van der Waals surface area contributed by atoms with Crippen LogP contribution in [0, 0.1) is 25.7 Å². The number of nitrogens with one attached hydrogen (secondary N) is 5. The van der Waals surface area contributed by atoms with Gasteiger partial charge in [0.05, 0.1) is 19.1 Å². The second kappa shape index (κ2) is 27.7. The molecule has 2 aromatic carbocycles. The van der Waals surface area contributed by atoms with Crippen molar-refractivity contribution < 1.29 is 42.1 Å². The van der Waals surface area contributed by atoms with Crippen molar-refractivity contribution >= 4 is 41.1 Å². The zero-order valence-corrected chi connectivity index (χ0v) is 37.3. The fourth-order valence-corrected chi connectivity index (χ4v) is 7.29. The predicted octanol–water partition coefficient (Wildman–Crippen LogP) is 7.76. The Morgan fingerprint density at radius 2 is 1.42 bits per heavy atom. The molecule has 0 spiro atoms. The Balaban J connectivity index is -0.00000347. The molecule has 0 saturated heterocycles. The molecule has 5 amide bonds. The maximum atomic E-state index is 13.9. The number of terminal acetylenes is 1. The van der Waals surface area contributed by atoms with Crippen LogP contribution in [0.4, 0.5) is 0 Å². The molecule has 5 rings (SSSR count). The lowest BCUT2D eigenvalue weighted by Crippen LogP contribution is -2.55. The molecule has 2 aromatic rings. The molecule has 5 N–H and O–H groups in total. The largest absolute Gasteiger partial charge is 0.347 e. The summed E-state index contributed by atoms with van der Waals surface area (Å²) >= 11 is 0. The number of hydrogen-bond donors (Lipinski definition) is 5. The number of carbonyl (C=O) groups is 7. The summed E-state index contributed by atoms with van der Waals surface area (Å²) in [6.45, 7) is 2.92. The number of benzene rings is 2. The van der Waals surface area contributed by atoms with Crippen molar-refractivity contribution in [3.05, 3.63) is 125 Å². The van der Waals surface area contributed by atoms with Gasteiger partial charge in [0.2, 0.25) is 35.2 Å². The molecule has 64 heavy (non-hydrogen) atoms. The first-order chi connectivity index (χ1) is 31.0. The van der Waals surface area contributed by atoms with Gasteiger partial charge in [0.15, 0.2) is 0 Å². The molecule has 0 aromatic heterocycles. The van der Waals surface area contributed by atoms with E-state index in [4.69, 9.17) is 6.42 Å². The predicted molar refractivity (Wildman–Crippen MR) is 261 cm³/mol. The van der Waals surface area contributed by atoms with Crippen LogP contribution in [0.5, 0.6) is 0 Å². The molecule has 3 aliphatic carbocycles. The molecule has 3 unspecified atom stereocenters. The zero-order chi connectivity index (χ0) is 46.1. The molecule has 3 atom stereocenters. The van der Waals surface area contributed by atoms with Crippen molar-refractivity contribution in [1.29, 1.82) is 0 Å². The van der Waals surface area contributed by atoms with Crippen molar-refractivity contribution in [2.45, 2.75) is 128 Å². The van der Waals surface area contributed by atoms with Crippen molar-refractivity contribution in [3.8, 4) is 12.3 Å². The number of hydrogen-bond acceptors (Lipinski definition) is 7. The number of allylic oxidation sites excluding steroid dienone is 7. The maximum Gasteiger partial charge on any atom is 0.290 e. The number of unbranched alkanes of at least 4 members (excludes halogenated alkanes) is 2. The van der Waals surface area contributed by atoms with Crippen LogP contribution < -0.4 is 26.6 Å². The van der Waals surface area contributed by atoms with Crippen LogP contribution >= 0.6 is 0 Å². The Hall–Kier alpha value is -6.35. The van der Waals surface area contributed by atoms with E-state index in [0.29, 0.717) is 31.2 Å². The number of ketones is 2. The maximum absolute atomic E-state index is 13.9. The normalized spacial score (nSPS) is 15.3. The van der Waals surface area contributed by atoms with Crippen molar-refractivity contribution in [1.82, 2.24) is 26.6 Å². The molecule has 1 saturated carbocycles. The number of carbonyl (C=O) groups excluding carboxylic acids is 7. The molecule has 0 bridgehead atoms. The summed E-state index contributed by atoms with van der Waals surface area (Å²) < 4.78 is 0. The highest BCUT2D eigenvalue weighted by Crippen LogP contribution is 2.31. The minimum absolute atomic E-state index is 0. The van der Waals surface area contributed by atoms with Crippen LogP contribution in [0.2, 0.25) is 0 Å². The van der Waals surface area contributed by atoms with Gasteiger partial charge in [0.1, 0.15) is 12.1 Å². The van der Waals surface area contributed by atoms with Gasteiger partial charge in [-0.05, 0) is 72.8 Å². The molecule has 1 fully saturated rings. The van der Waals surface area contributed by atoms with E-state index in [-0.39, 0.29) is 40.3 Å². The highest BCUT2D eigenvalue weighted by molar-refractivity contribution is 6.38. The summed E-state index contributed by atoms with van der Waals surface area (Å²) in [6.07, 6.45) is 30.5. The lowest BCUT2D eigenvalue weighted by molar-refractivity contribution is -0.141. The first-order valence-electron chi connectivity index (χ1n) is 22.7. The van der Waals surface area contributed by atoms with E-state index in [1.165, 1.54) is 49.7 Å². The summed E-state index contributed by atoms with van der Waals surface area (Å²) in [5.74, 6) is -3.14. The van der Waals surface area contributed by atoms with E-state index in [0.717, 1.165) is 29.6 Å². The molecular weight excluding hydrogens is 807 g/mol. The van der Waals surface area contributed by atoms with Crippen molar-refractivity contribution in [3.63, 3.8) is 0 Å². The van der Waals surface area contributed by atoms with Gasteiger partial charge in [0.25, 0.3) is 5.91 Å². The van der Waals surface area contributed by atoms with E-state index in [2.05, 4.69) is 50.8 Å². The SMILES string of the molecule is C#CC(=O)C(NC(=O)CNC(=O)C(=O)C(CCCC)NC(=O)C(CC1=CC=CCC(C2=C[CH]2)=C1)NC(=O)CNC(=O)CCCCc1ccc(C)cc1)c1ccccc1.C1CCCCC1.[HH].[HH].[HH].[HH].[HH].[H]. The van der Waals surface area contributed by atoms with Crippen LogP contribution in [-0.2, 0) is 40.0 Å². The molecule has 12 heteroatoms. The second-order valence-corrected chi connectivity index (χ2v) is 16.4. The minimum atomic E-state index is -1.27. The zero-order valence-electron chi connectivity index (χ0n) is 38.3. The standard InChI is InChI=1S/C46H52N5O7.C6H12.5H2.H/c1-4-6-19-37(44(56)46(58)48-30-42(55)51-43(39(52)5-2)35-16-8-7-9-17-35)50-45(57)38(28-33-15-10-12-18-36(27-33)34-25-26-34)49-41(54)29-47-40(53)20-13-11-14-32-23-21-31(3)22-24-32;1-2-4-6-5-3-1;;;;;;/h2,7-10,12,15-17,21-27,37-38,43H,4,6,11,13-14,18-20,28-30H2,1,3H3,(H,47,53)(H,48,58)(H,49,54)(H,50,57)(H,51,55);1-6H2;5*1H;. The van der Waals surface area contributed by atoms with Crippen LogP contribution in [0.15, 0.2) is 102 Å². The Kier molecular flexibility index (Phi) is 21.7. The van der Waals surface area contributed by atoms with Crippen LogP contribution in [0.1, 0.15) is 128 Å². The van der Waals surface area contributed by atoms with E-state index >= 15 is 0 Å². The molecule has 3 aliphatic rings. The molecule has 0 aliphatic heterocycles. The summed E-state index contributed by atoms with van der Waals surface area (Å²) in [6, 6.07) is 13.0. The highest BCUT2D eigenvalue weighted by Gasteiger charge is 2.31. The monoisotopic (exact) mass is 882 g/mol. The fraction of sp³-hybridized carbons (Fsp3) is 0.423. The van der Waals surface area contributed by atoms with E-state index in [1.807, 2.05) is 56.6 Å².